The van der Waals surface area contributed by atoms with Gasteiger partial charge in [-0.15, -0.1) is 5.48 Å². The number of carbonyl (C=O) groups is 1. The van der Waals surface area contributed by atoms with Crippen molar-refractivity contribution in [3.8, 4) is 0 Å². The van der Waals surface area contributed by atoms with Crippen LogP contribution in [0.4, 0.5) is 0 Å². The summed E-state index contributed by atoms with van der Waals surface area (Å²) in [5.41, 5.74) is 3.08. The highest BCUT2D eigenvalue weighted by Crippen LogP contribution is 2.00. The van der Waals surface area contributed by atoms with Crippen LogP contribution in [0.25, 0.3) is 0 Å². The van der Waals surface area contributed by atoms with Gasteiger partial charge in [-0.3, -0.25) is 0 Å². The maximum atomic E-state index is 11.0. The molecule has 0 aromatic carbocycles. The van der Waals surface area contributed by atoms with Gasteiger partial charge in [0.2, 0.25) is 0 Å². The average Bonchev–Trinajstić information content (AvgIpc) is 2.21. The quantitative estimate of drug-likeness (QED) is 0.296. The van der Waals surface area contributed by atoms with E-state index in [1.807, 2.05) is 0 Å². The van der Waals surface area contributed by atoms with Crippen LogP contribution in [0, 0.1) is 0 Å². The summed E-state index contributed by atoms with van der Waals surface area (Å²) in [5, 5.41) is 0. The van der Waals surface area contributed by atoms with Gasteiger partial charge in [-0.1, -0.05) is 19.9 Å². The van der Waals surface area contributed by atoms with Crippen LogP contribution < -0.4 is 5.48 Å². The first-order valence-electron chi connectivity index (χ1n) is 5.80. The lowest BCUT2D eigenvalue weighted by Crippen LogP contribution is -2.45. The smallest absolute Gasteiger partial charge is 0.351 e. The number of quaternary nitrogens is 1. The molecule has 0 amide bonds. The van der Waals surface area contributed by atoms with E-state index in [1.54, 1.807) is 6.92 Å². The van der Waals surface area contributed by atoms with Crippen LogP contribution >= 0.6 is 0 Å². The van der Waals surface area contributed by atoms with Gasteiger partial charge in [0.1, 0.15) is 0 Å². The van der Waals surface area contributed by atoms with Gasteiger partial charge in [-0.05, 0) is 13.3 Å². The molecule has 16 heavy (non-hydrogen) atoms. The Hall–Kier alpha value is -0.870. The first-order chi connectivity index (χ1) is 7.39. The highest BCUT2D eigenvalue weighted by molar-refractivity contribution is 5.86. The molecule has 0 aliphatic heterocycles. The van der Waals surface area contributed by atoms with Crippen LogP contribution in [0.15, 0.2) is 12.2 Å². The molecule has 0 aromatic rings. The number of hydrogen-bond acceptors (Lipinski definition) is 3. The van der Waals surface area contributed by atoms with Crippen LogP contribution in [0.2, 0.25) is 0 Å². The lowest BCUT2D eigenvalue weighted by atomic mass is 10.3. The number of nitrogens with one attached hydrogen (secondary N) is 1. The average molecular weight is 229 g/mol. The highest BCUT2D eigenvalue weighted by atomic mass is 16.7. The number of likely N-dealkylation sites (N-methyl/N-ethyl adjacent to an activating group) is 1. The fourth-order valence-electron chi connectivity index (χ4n) is 1.25. The van der Waals surface area contributed by atoms with Gasteiger partial charge in [0.15, 0.2) is 0 Å². The number of hydrogen-bond donors (Lipinski definition) is 1. The van der Waals surface area contributed by atoms with Gasteiger partial charge >= 0.3 is 5.97 Å². The molecule has 0 radical (unpaired) electrons. The van der Waals surface area contributed by atoms with Crippen molar-refractivity contribution in [3.63, 3.8) is 0 Å². The van der Waals surface area contributed by atoms with Crippen molar-refractivity contribution in [1.82, 2.24) is 5.48 Å². The number of nitrogens with zero attached hydrogens (tertiary/aromatic N) is 1. The minimum atomic E-state index is -0.390. The Morgan fingerprint density at radius 3 is 2.50 bits per heavy atom. The molecular formula is C12H25N2O2+. The van der Waals surface area contributed by atoms with Crippen LogP contribution in [-0.4, -0.2) is 44.2 Å². The summed E-state index contributed by atoms with van der Waals surface area (Å²) in [6.45, 7) is 10.1. The Labute approximate surface area is 98.8 Å². The first-order valence-corrected chi connectivity index (χ1v) is 5.80. The van der Waals surface area contributed by atoms with Crippen molar-refractivity contribution < 1.29 is 14.1 Å². The van der Waals surface area contributed by atoms with E-state index in [1.165, 1.54) is 12.8 Å². The molecule has 0 aliphatic rings. The fraction of sp³-hybridized carbons (Fsp3) is 0.750. The predicted molar refractivity (Wildman–Crippen MR) is 65.7 cm³/mol. The third kappa shape index (κ3) is 7.43. The zero-order valence-corrected chi connectivity index (χ0v) is 11.0. The van der Waals surface area contributed by atoms with Crippen molar-refractivity contribution in [2.24, 2.45) is 0 Å². The summed E-state index contributed by atoms with van der Waals surface area (Å²) in [6, 6.07) is 0. The van der Waals surface area contributed by atoms with E-state index in [0.717, 1.165) is 17.6 Å². The molecule has 0 saturated carbocycles. The number of carbonyl (C=O) groups excluding carboxylic acids is 1. The Bertz CT molecular complexity index is 237. The molecule has 1 N–H and O–H groups in total. The standard InChI is InChI=1S/C12H25N2O2/c1-6-7-9-14(4,5)10-8-13-16-12(15)11(2)3/h13H,2,6-10H2,1,3-5H3/q+1. The topological polar surface area (TPSA) is 38.3 Å². The van der Waals surface area contributed by atoms with Crippen LogP contribution in [0.1, 0.15) is 26.7 Å². The maximum absolute atomic E-state index is 11.0. The third-order valence-corrected chi connectivity index (χ3v) is 2.45. The van der Waals surface area contributed by atoms with E-state index in [4.69, 9.17) is 4.84 Å². The van der Waals surface area contributed by atoms with Gasteiger partial charge in [0.25, 0.3) is 0 Å². The van der Waals surface area contributed by atoms with Crippen LogP contribution in [0.3, 0.4) is 0 Å². The Kier molecular flexibility index (Phi) is 7.01. The summed E-state index contributed by atoms with van der Waals surface area (Å²) in [5.74, 6) is -0.390. The monoisotopic (exact) mass is 229 g/mol. The van der Waals surface area contributed by atoms with E-state index < -0.39 is 0 Å². The summed E-state index contributed by atoms with van der Waals surface area (Å²) in [6.07, 6.45) is 2.43. The van der Waals surface area contributed by atoms with Crippen molar-refractivity contribution >= 4 is 5.97 Å². The zero-order valence-electron chi connectivity index (χ0n) is 11.0. The van der Waals surface area contributed by atoms with Crippen molar-refractivity contribution in [3.05, 3.63) is 12.2 Å². The number of unbranched alkanes of at least 4 members (excludes halogenated alkanes) is 1. The Morgan fingerprint density at radius 1 is 1.38 bits per heavy atom. The Balaban J connectivity index is 3.64. The normalized spacial score (nSPS) is 11.2. The van der Waals surface area contributed by atoms with Gasteiger partial charge in [-0.2, -0.15) is 0 Å². The molecule has 0 rings (SSSR count). The summed E-state index contributed by atoms with van der Waals surface area (Å²) >= 11 is 0. The predicted octanol–water partition coefficient (Wildman–Crippen LogP) is 1.49. The SMILES string of the molecule is C=C(C)C(=O)ONCC[N+](C)(C)CCCC. The molecule has 0 saturated heterocycles. The van der Waals surface area contributed by atoms with E-state index in [0.29, 0.717) is 12.1 Å². The summed E-state index contributed by atoms with van der Waals surface area (Å²) in [7, 11) is 4.36. The van der Waals surface area contributed by atoms with E-state index in [9.17, 15) is 4.79 Å². The molecule has 4 nitrogen and oxygen atoms in total. The van der Waals surface area contributed by atoms with E-state index in [-0.39, 0.29) is 5.97 Å². The molecule has 0 spiro atoms. The molecule has 0 aromatic heterocycles. The van der Waals surface area contributed by atoms with Crippen LogP contribution in [-0.2, 0) is 9.63 Å². The second-order valence-corrected chi connectivity index (χ2v) is 4.80. The van der Waals surface area contributed by atoms with Gasteiger partial charge in [0.05, 0.1) is 33.7 Å². The summed E-state index contributed by atoms with van der Waals surface area (Å²) in [4.78, 5) is 15.9. The maximum Gasteiger partial charge on any atom is 0.351 e. The molecule has 0 bridgehead atoms. The summed E-state index contributed by atoms with van der Waals surface area (Å²) < 4.78 is 0.936. The second kappa shape index (κ2) is 7.41. The van der Waals surface area contributed by atoms with Crippen molar-refractivity contribution in [2.45, 2.75) is 26.7 Å². The zero-order chi connectivity index (χ0) is 12.6. The third-order valence-electron chi connectivity index (χ3n) is 2.45. The number of hydroxylamine groups is 1. The first kappa shape index (κ1) is 15.1. The minimum Gasteiger partial charge on any atom is -0.367 e. The molecule has 0 heterocycles. The van der Waals surface area contributed by atoms with E-state index in [2.05, 4.69) is 33.1 Å². The molecule has 0 fully saturated rings. The molecule has 0 aliphatic carbocycles. The largest absolute Gasteiger partial charge is 0.367 e. The lowest BCUT2D eigenvalue weighted by Gasteiger charge is -2.29. The molecule has 0 unspecified atom stereocenters. The lowest BCUT2D eigenvalue weighted by molar-refractivity contribution is -0.889. The fourth-order valence-corrected chi connectivity index (χ4v) is 1.25. The molecule has 4 heteroatoms. The van der Waals surface area contributed by atoms with Gasteiger partial charge in [0, 0.05) is 5.57 Å². The molecule has 94 valence electrons. The molecular weight excluding hydrogens is 204 g/mol. The Morgan fingerprint density at radius 2 is 2.00 bits per heavy atom. The minimum absolute atomic E-state index is 0.390. The van der Waals surface area contributed by atoms with E-state index >= 15 is 0 Å². The van der Waals surface area contributed by atoms with Crippen LogP contribution in [0.5, 0.6) is 0 Å². The van der Waals surface area contributed by atoms with Gasteiger partial charge < -0.3 is 9.32 Å². The van der Waals surface area contributed by atoms with Gasteiger partial charge in [-0.25, -0.2) is 4.79 Å². The van der Waals surface area contributed by atoms with Crippen molar-refractivity contribution in [2.75, 3.05) is 33.7 Å². The number of rotatable bonds is 8. The van der Waals surface area contributed by atoms with Crippen molar-refractivity contribution in [1.29, 1.82) is 0 Å². The second-order valence-electron chi connectivity index (χ2n) is 4.80. The molecule has 0 atom stereocenters. The highest BCUT2D eigenvalue weighted by Gasteiger charge is 2.13.